The van der Waals surface area contributed by atoms with E-state index in [1.54, 1.807) is 0 Å². The van der Waals surface area contributed by atoms with Crippen molar-refractivity contribution >= 4 is 22.3 Å². The maximum Gasteiger partial charge on any atom is 0.416 e. The summed E-state index contributed by atoms with van der Waals surface area (Å²) in [6.45, 7) is 0.838. The number of anilines is 1. The van der Waals surface area contributed by atoms with Crippen LogP contribution >= 0.6 is 11.3 Å². The number of thiazole rings is 1. The number of hydrogen-bond acceptors (Lipinski definition) is 4. The zero-order valence-electron chi connectivity index (χ0n) is 14.1. The van der Waals surface area contributed by atoms with E-state index >= 15 is 0 Å². The van der Waals surface area contributed by atoms with E-state index in [4.69, 9.17) is 0 Å². The van der Waals surface area contributed by atoms with E-state index in [0.29, 0.717) is 10.0 Å². The smallest absolute Gasteiger partial charge is 0.341 e. The largest absolute Gasteiger partial charge is 0.416 e. The topological polar surface area (TPSA) is 33.2 Å². The molecule has 1 unspecified atom stereocenters. The Balaban J connectivity index is 1.55. The van der Waals surface area contributed by atoms with Gasteiger partial charge in [-0.25, -0.2) is 4.98 Å². The maximum atomic E-state index is 12.9. The van der Waals surface area contributed by atoms with Crippen LogP contribution in [-0.2, 0) is 6.18 Å². The molecule has 138 valence electrons. The molecule has 3 aromatic rings. The Morgan fingerprint density at radius 2 is 1.89 bits per heavy atom. The summed E-state index contributed by atoms with van der Waals surface area (Å²) >= 11 is 1.22. The number of benzene rings is 2. The number of hydrogen-bond donors (Lipinski definition) is 0. The summed E-state index contributed by atoms with van der Waals surface area (Å²) in [5, 5.41) is 0.713. The fourth-order valence-electron chi connectivity index (χ4n) is 3.12. The quantitative estimate of drug-likeness (QED) is 0.566. The molecule has 0 bridgehead atoms. The van der Waals surface area contributed by atoms with E-state index < -0.39 is 17.5 Å². The van der Waals surface area contributed by atoms with Crippen LogP contribution in [0.1, 0.15) is 38.8 Å². The van der Waals surface area contributed by atoms with Gasteiger partial charge in [0.25, 0.3) is 0 Å². The van der Waals surface area contributed by atoms with Gasteiger partial charge in [-0.2, -0.15) is 13.2 Å². The molecule has 2 aromatic carbocycles. The maximum absolute atomic E-state index is 12.9. The summed E-state index contributed by atoms with van der Waals surface area (Å²) in [7, 11) is 0. The fraction of sp³-hybridized carbons (Fsp3) is 0.200. The van der Waals surface area contributed by atoms with Crippen molar-refractivity contribution < 1.29 is 18.0 Å². The van der Waals surface area contributed by atoms with E-state index in [2.05, 4.69) is 22.0 Å². The van der Waals surface area contributed by atoms with Crippen LogP contribution in [0.5, 0.6) is 0 Å². The van der Waals surface area contributed by atoms with Crippen molar-refractivity contribution in [3.05, 3.63) is 82.4 Å². The molecule has 4 rings (SSSR count). The lowest BCUT2D eigenvalue weighted by Gasteiger charge is -2.41. The summed E-state index contributed by atoms with van der Waals surface area (Å²) in [5.41, 5.74) is 0.373. The lowest BCUT2D eigenvalue weighted by atomic mass is 9.96. The molecule has 1 saturated heterocycles. The van der Waals surface area contributed by atoms with Crippen molar-refractivity contribution in [1.82, 2.24) is 4.98 Å². The van der Waals surface area contributed by atoms with Crippen LogP contribution in [0, 0.1) is 0 Å². The second-order valence-corrected chi connectivity index (χ2v) is 7.33. The van der Waals surface area contributed by atoms with Crippen LogP contribution in [0.25, 0.3) is 0 Å². The third kappa shape index (κ3) is 3.47. The van der Waals surface area contributed by atoms with Crippen molar-refractivity contribution in [2.24, 2.45) is 0 Å². The molecule has 1 aliphatic heterocycles. The number of carbonyl (C=O) groups is 1. The Bertz CT molecular complexity index is 969. The minimum absolute atomic E-state index is 0.0169. The highest BCUT2D eigenvalue weighted by Crippen LogP contribution is 2.39. The molecule has 0 spiro atoms. The molecule has 0 radical (unpaired) electrons. The molecule has 2 heterocycles. The molecule has 0 aliphatic carbocycles. The van der Waals surface area contributed by atoms with E-state index in [-0.39, 0.29) is 11.6 Å². The summed E-state index contributed by atoms with van der Waals surface area (Å²) < 4.78 is 38.6. The highest BCUT2D eigenvalue weighted by atomic mass is 32.1. The average Bonchev–Trinajstić information content (AvgIpc) is 3.10. The van der Waals surface area contributed by atoms with Gasteiger partial charge in [-0.3, -0.25) is 4.79 Å². The van der Waals surface area contributed by atoms with Crippen LogP contribution in [0.2, 0.25) is 0 Å². The summed E-state index contributed by atoms with van der Waals surface area (Å²) in [5.74, 6) is -0.443. The molecular formula is C20H15F3N2OS. The minimum Gasteiger partial charge on any atom is -0.341 e. The third-order valence-electron chi connectivity index (χ3n) is 4.62. The van der Waals surface area contributed by atoms with E-state index in [0.717, 1.165) is 25.1 Å². The molecule has 1 aromatic heterocycles. The van der Waals surface area contributed by atoms with Crippen LogP contribution in [0.15, 0.2) is 60.8 Å². The second kappa shape index (κ2) is 6.81. The van der Waals surface area contributed by atoms with Crippen molar-refractivity contribution in [3.63, 3.8) is 0 Å². The van der Waals surface area contributed by atoms with Gasteiger partial charge in [-0.05, 0) is 24.1 Å². The number of alkyl halides is 3. The minimum atomic E-state index is -4.48. The Labute approximate surface area is 158 Å². The fourth-order valence-corrected chi connectivity index (χ4v) is 4.07. The standard InChI is InChI=1S/C20H15F3N2OS/c21-20(22,23)15-8-4-7-14(11-15)18(26)17-12-24-19(27-17)25-10-9-16(25)13-5-2-1-3-6-13/h1-8,11-12,16H,9-10H2. The first kappa shape index (κ1) is 17.7. The molecule has 3 nitrogen and oxygen atoms in total. The number of carbonyl (C=O) groups excluding carboxylic acids is 1. The first-order valence-corrected chi connectivity index (χ1v) is 9.24. The molecule has 7 heteroatoms. The number of halogens is 3. The first-order valence-electron chi connectivity index (χ1n) is 8.43. The van der Waals surface area contributed by atoms with Crippen molar-refractivity contribution in [3.8, 4) is 0 Å². The number of ketones is 1. The van der Waals surface area contributed by atoms with Crippen molar-refractivity contribution in [2.75, 3.05) is 11.4 Å². The SMILES string of the molecule is O=C(c1cccc(C(F)(F)F)c1)c1cnc(N2CCC2c2ccccc2)s1. The Morgan fingerprint density at radius 3 is 2.56 bits per heavy atom. The van der Waals surface area contributed by atoms with E-state index in [1.807, 2.05) is 18.2 Å². The Morgan fingerprint density at radius 1 is 1.11 bits per heavy atom. The molecule has 1 aliphatic rings. The summed E-state index contributed by atoms with van der Waals surface area (Å²) in [4.78, 5) is 19.4. The molecule has 27 heavy (non-hydrogen) atoms. The van der Waals surface area contributed by atoms with Crippen molar-refractivity contribution in [2.45, 2.75) is 18.6 Å². The third-order valence-corrected chi connectivity index (χ3v) is 5.65. The van der Waals surface area contributed by atoms with Crippen LogP contribution in [0.3, 0.4) is 0 Å². The van der Waals surface area contributed by atoms with Crippen LogP contribution in [-0.4, -0.2) is 17.3 Å². The van der Waals surface area contributed by atoms with Gasteiger partial charge >= 0.3 is 6.18 Å². The highest BCUT2D eigenvalue weighted by molar-refractivity contribution is 7.17. The lowest BCUT2D eigenvalue weighted by molar-refractivity contribution is -0.137. The van der Waals surface area contributed by atoms with Gasteiger partial charge in [0.05, 0.1) is 22.7 Å². The van der Waals surface area contributed by atoms with E-state index in [1.165, 1.54) is 35.2 Å². The van der Waals surface area contributed by atoms with Crippen LogP contribution < -0.4 is 4.90 Å². The average molecular weight is 388 g/mol. The predicted molar refractivity (Wildman–Crippen MR) is 98.1 cm³/mol. The van der Waals surface area contributed by atoms with Gasteiger partial charge in [0.15, 0.2) is 5.13 Å². The Kier molecular flexibility index (Phi) is 4.47. The number of nitrogens with zero attached hydrogens (tertiary/aromatic N) is 2. The van der Waals surface area contributed by atoms with Gasteiger partial charge in [0, 0.05) is 12.1 Å². The second-order valence-electron chi connectivity index (χ2n) is 6.32. The normalized spacial score (nSPS) is 16.9. The lowest BCUT2D eigenvalue weighted by Crippen LogP contribution is -2.40. The van der Waals surface area contributed by atoms with Gasteiger partial charge < -0.3 is 4.90 Å². The number of aromatic nitrogens is 1. The predicted octanol–water partition coefficient (Wildman–Crippen LogP) is 5.34. The monoisotopic (exact) mass is 388 g/mol. The zero-order valence-corrected chi connectivity index (χ0v) is 14.9. The van der Waals surface area contributed by atoms with Gasteiger partial charge in [0.1, 0.15) is 0 Å². The van der Waals surface area contributed by atoms with Crippen molar-refractivity contribution in [1.29, 1.82) is 0 Å². The molecule has 1 fully saturated rings. The molecule has 0 amide bonds. The molecule has 0 N–H and O–H groups in total. The molecule has 1 atom stereocenters. The van der Waals surface area contributed by atoms with E-state index in [9.17, 15) is 18.0 Å². The van der Waals surface area contributed by atoms with Crippen LogP contribution in [0.4, 0.5) is 18.3 Å². The van der Waals surface area contributed by atoms with Gasteiger partial charge in [0.2, 0.25) is 5.78 Å². The van der Waals surface area contributed by atoms with Gasteiger partial charge in [-0.15, -0.1) is 0 Å². The Hall–Kier alpha value is -2.67. The molecular weight excluding hydrogens is 373 g/mol. The summed E-state index contributed by atoms with van der Waals surface area (Å²) in [6, 6.07) is 14.7. The first-order chi connectivity index (χ1) is 12.9. The van der Waals surface area contributed by atoms with Gasteiger partial charge in [-0.1, -0.05) is 53.8 Å². The summed E-state index contributed by atoms with van der Waals surface area (Å²) in [6.07, 6.45) is -2.03. The zero-order chi connectivity index (χ0) is 19.0. The highest BCUT2D eigenvalue weighted by Gasteiger charge is 2.33. The molecule has 0 saturated carbocycles. The number of rotatable bonds is 4.